The van der Waals surface area contributed by atoms with Gasteiger partial charge in [-0.15, -0.1) is 0 Å². The summed E-state index contributed by atoms with van der Waals surface area (Å²) in [6.45, 7) is 2.19. The van der Waals surface area contributed by atoms with E-state index in [-0.39, 0.29) is 12.0 Å². The predicted octanol–water partition coefficient (Wildman–Crippen LogP) is 2.95. The topological polar surface area (TPSA) is 42.4 Å². The van der Waals surface area contributed by atoms with E-state index in [1.54, 1.807) is 18.5 Å². The highest BCUT2D eigenvalue weighted by Crippen LogP contribution is 2.16. The first-order chi connectivity index (χ1) is 11.3. The molecule has 1 aliphatic heterocycles. The Balaban J connectivity index is 1.39. The molecular weight excluding hydrogens is 288 g/mol. The number of aromatic nitrogens is 1. The van der Waals surface area contributed by atoms with Gasteiger partial charge < -0.3 is 9.64 Å². The van der Waals surface area contributed by atoms with E-state index in [4.69, 9.17) is 4.74 Å². The number of pyridine rings is 1. The number of likely N-dealkylation sites (tertiary alicyclic amines) is 1. The van der Waals surface area contributed by atoms with Crippen molar-refractivity contribution in [3.63, 3.8) is 0 Å². The van der Waals surface area contributed by atoms with E-state index >= 15 is 0 Å². The van der Waals surface area contributed by atoms with Gasteiger partial charge in [0.25, 0.3) is 5.91 Å². The molecule has 0 bridgehead atoms. The number of carbonyl (C=O) groups is 1. The fourth-order valence-corrected chi connectivity index (χ4v) is 2.89. The predicted molar refractivity (Wildman–Crippen MR) is 89.3 cm³/mol. The molecule has 2 heterocycles. The summed E-state index contributed by atoms with van der Waals surface area (Å²) in [6, 6.07) is 14.1. The van der Waals surface area contributed by atoms with Crippen LogP contribution >= 0.6 is 0 Å². The van der Waals surface area contributed by atoms with Crippen molar-refractivity contribution in [2.45, 2.75) is 25.4 Å². The average Bonchev–Trinajstić information content (AvgIpc) is 3.09. The van der Waals surface area contributed by atoms with Crippen LogP contribution in [-0.4, -0.2) is 41.6 Å². The quantitative estimate of drug-likeness (QED) is 0.770. The molecule has 0 radical (unpaired) electrons. The fraction of sp³-hybridized carbons (Fsp3) is 0.368. The zero-order valence-corrected chi connectivity index (χ0v) is 13.2. The second-order valence-electron chi connectivity index (χ2n) is 5.86. The Morgan fingerprint density at radius 2 is 2.09 bits per heavy atom. The van der Waals surface area contributed by atoms with Crippen molar-refractivity contribution in [2.75, 3.05) is 19.7 Å². The molecule has 120 valence electrons. The molecule has 3 rings (SSSR count). The summed E-state index contributed by atoms with van der Waals surface area (Å²) in [5.41, 5.74) is 1.99. The molecule has 0 spiro atoms. The summed E-state index contributed by atoms with van der Waals surface area (Å²) >= 11 is 0. The molecule has 1 aromatic carbocycles. The number of carbonyl (C=O) groups excluding carboxylic acids is 1. The highest BCUT2D eigenvalue weighted by molar-refractivity contribution is 5.94. The van der Waals surface area contributed by atoms with Crippen LogP contribution in [0.3, 0.4) is 0 Å². The Labute approximate surface area is 137 Å². The zero-order valence-electron chi connectivity index (χ0n) is 13.2. The standard InChI is InChI=1S/C19H22N2O2/c22-19(17-9-4-11-20-14-17)21-12-10-18(15-21)23-13-5-8-16-6-2-1-3-7-16/h1-4,6-7,9,11,14,18H,5,8,10,12-13,15H2/t18-/m1/s1. The van der Waals surface area contributed by atoms with E-state index < -0.39 is 0 Å². The Morgan fingerprint density at radius 3 is 2.87 bits per heavy atom. The lowest BCUT2D eigenvalue weighted by Gasteiger charge is -2.16. The van der Waals surface area contributed by atoms with Crippen LogP contribution in [0.2, 0.25) is 0 Å². The number of hydrogen-bond acceptors (Lipinski definition) is 3. The maximum absolute atomic E-state index is 12.3. The summed E-state index contributed by atoms with van der Waals surface area (Å²) in [5.74, 6) is 0.0495. The number of amides is 1. The van der Waals surface area contributed by atoms with Gasteiger partial charge >= 0.3 is 0 Å². The van der Waals surface area contributed by atoms with E-state index in [2.05, 4.69) is 29.2 Å². The highest BCUT2D eigenvalue weighted by Gasteiger charge is 2.27. The first-order valence-corrected chi connectivity index (χ1v) is 8.18. The van der Waals surface area contributed by atoms with E-state index in [9.17, 15) is 4.79 Å². The first kappa shape index (κ1) is 15.7. The largest absolute Gasteiger partial charge is 0.376 e. The van der Waals surface area contributed by atoms with Gasteiger partial charge in [-0.3, -0.25) is 9.78 Å². The Bertz CT molecular complexity index is 616. The maximum Gasteiger partial charge on any atom is 0.255 e. The molecule has 1 aromatic heterocycles. The second kappa shape index (κ2) is 7.88. The van der Waals surface area contributed by atoms with Crippen LogP contribution in [0.15, 0.2) is 54.9 Å². The van der Waals surface area contributed by atoms with Crippen LogP contribution < -0.4 is 0 Å². The Kier molecular flexibility index (Phi) is 5.37. The monoisotopic (exact) mass is 310 g/mol. The smallest absolute Gasteiger partial charge is 0.255 e. The van der Waals surface area contributed by atoms with Crippen molar-refractivity contribution in [3.8, 4) is 0 Å². The number of aryl methyl sites for hydroxylation is 1. The minimum atomic E-state index is 0.0495. The zero-order chi connectivity index (χ0) is 15.9. The number of ether oxygens (including phenoxy) is 1. The van der Waals surface area contributed by atoms with Gasteiger partial charge in [-0.05, 0) is 37.0 Å². The Hall–Kier alpha value is -2.20. The van der Waals surface area contributed by atoms with Gasteiger partial charge in [0.15, 0.2) is 0 Å². The van der Waals surface area contributed by atoms with Gasteiger partial charge in [-0.2, -0.15) is 0 Å². The van der Waals surface area contributed by atoms with E-state index in [0.29, 0.717) is 12.1 Å². The molecule has 1 atom stereocenters. The van der Waals surface area contributed by atoms with E-state index in [1.165, 1.54) is 5.56 Å². The van der Waals surface area contributed by atoms with Crippen LogP contribution in [0.5, 0.6) is 0 Å². The van der Waals surface area contributed by atoms with Gasteiger partial charge in [-0.1, -0.05) is 30.3 Å². The molecule has 0 N–H and O–H groups in total. The molecule has 0 aliphatic carbocycles. The lowest BCUT2D eigenvalue weighted by atomic mass is 10.1. The molecule has 0 unspecified atom stereocenters. The summed E-state index contributed by atoms with van der Waals surface area (Å²) in [6.07, 6.45) is 6.42. The van der Waals surface area contributed by atoms with Crippen LogP contribution in [0.4, 0.5) is 0 Å². The third-order valence-electron chi connectivity index (χ3n) is 4.15. The van der Waals surface area contributed by atoms with Gasteiger partial charge in [0.1, 0.15) is 0 Å². The molecule has 1 amide bonds. The van der Waals surface area contributed by atoms with Crippen LogP contribution in [0, 0.1) is 0 Å². The summed E-state index contributed by atoms with van der Waals surface area (Å²) in [5, 5.41) is 0. The van der Waals surface area contributed by atoms with E-state index in [0.717, 1.165) is 32.4 Å². The van der Waals surface area contributed by atoms with Crippen LogP contribution in [0.1, 0.15) is 28.8 Å². The number of hydrogen-bond donors (Lipinski definition) is 0. The minimum absolute atomic E-state index is 0.0495. The van der Waals surface area contributed by atoms with Gasteiger partial charge in [0, 0.05) is 32.1 Å². The molecular formula is C19H22N2O2. The van der Waals surface area contributed by atoms with Gasteiger partial charge in [0.05, 0.1) is 11.7 Å². The highest BCUT2D eigenvalue weighted by atomic mass is 16.5. The van der Waals surface area contributed by atoms with Crippen LogP contribution in [-0.2, 0) is 11.2 Å². The van der Waals surface area contributed by atoms with Gasteiger partial charge in [-0.25, -0.2) is 0 Å². The molecule has 1 aliphatic rings. The van der Waals surface area contributed by atoms with Crippen molar-refractivity contribution in [2.24, 2.45) is 0 Å². The number of nitrogens with zero attached hydrogens (tertiary/aromatic N) is 2. The van der Waals surface area contributed by atoms with Crippen molar-refractivity contribution in [3.05, 3.63) is 66.0 Å². The van der Waals surface area contributed by atoms with Crippen molar-refractivity contribution >= 4 is 5.91 Å². The lowest BCUT2D eigenvalue weighted by molar-refractivity contribution is 0.0524. The molecule has 4 heteroatoms. The Morgan fingerprint density at radius 1 is 1.22 bits per heavy atom. The second-order valence-corrected chi connectivity index (χ2v) is 5.86. The van der Waals surface area contributed by atoms with Crippen molar-refractivity contribution in [1.82, 2.24) is 9.88 Å². The number of rotatable bonds is 6. The third-order valence-corrected chi connectivity index (χ3v) is 4.15. The fourth-order valence-electron chi connectivity index (χ4n) is 2.89. The van der Waals surface area contributed by atoms with Gasteiger partial charge in [0.2, 0.25) is 0 Å². The summed E-state index contributed by atoms with van der Waals surface area (Å²) in [4.78, 5) is 18.2. The molecule has 0 saturated carbocycles. The van der Waals surface area contributed by atoms with Crippen LogP contribution in [0.25, 0.3) is 0 Å². The minimum Gasteiger partial charge on any atom is -0.376 e. The molecule has 1 saturated heterocycles. The molecule has 23 heavy (non-hydrogen) atoms. The van der Waals surface area contributed by atoms with Crippen molar-refractivity contribution in [1.29, 1.82) is 0 Å². The average molecular weight is 310 g/mol. The molecule has 4 nitrogen and oxygen atoms in total. The van der Waals surface area contributed by atoms with E-state index in [1.807, 2.05) is 17.0 Å². The number of benzene rings is 1. The lowest BCUT2D eigenvalue weighted by Crippen LogP contribution is -2.30. The molecule has 1 fully saturated rings. The summed E-state index contributed by atoms with van der Waals surface area (Å²) < 4.78 is 5.93. The molecule has 2 aromatic rings. The summed E-state index contributed by atoms with van der Waals surface area (Å²) in [7, 11) is 0. The normalized spacial score (nSPS) is 17.4. The first-order valence-electron chi connectivity index (χ1n) is 8.18. The third kappa shape index (κ3) is 4.39. The maximum atomic E-state index is 12.3. The van der Waals surface area contributed by atoms with Crippen molar-refractivity contribution < 1.29 is 9.53 Å². The SMILES string of the molecule is O=C(c1cccnc1)N1CC[C@@H](OCCCc2ccccc2)C1.